The number of hydrogen-bond donors (Lipinski definition) is 2. The van der Waals surface area contributed by atoms with Gasteiger partial charge in [0.1, 0.15) is 0 Å². The Kier molecular flexibility index (Phi) is 7.72. The Morgan fingerprint density at radius 3 is 2.62 bits per heavy atom. The molecule has 12 heteroatoms. The minimum atomic E-state index is -4.78. The van der Waals surface area contributed by atoms with Crippen molar-refractivity contribution in [3.8, 4) is 0 Å². The number of pyridine rings is 1. The van der Waals surface area contributed by atoms with Crippen molar-refractivity contribution >= 4 is 32.6 Å². The number of alkyl halides is 3. The van der Waals surface area contributed by atoms with Crippen LogP contribution >= 0.6 is 0 Å². The number of hydrogen-bond acceptors (Lipinski definition) is 5. The smallest absolute Gasteiger partial charge is 0.337 e. The molecule has 1 aliphatic rings. The van der Waals surface area contributed by atoms with E-state index in [2.05, 4.69) is 15.6 Å². The van der Waals surface area contributed by atoms with E-state index in [1.54, 1.807) is 6.07 Å². The number of likely N-dealkylation sites (N-methyl/N-ethyl adjacent to an activating group) is 1. The maximum absolute atomic E-state index is 13.4. The van der Waals surface area contributed by atoms with Gasteiger partial charge in [0.25, 0.3) is 0 Å². The molecule has 8 nitrogen and oxygen atoms in total. The van der Waals surface area contributed by atoms with Crippen LogP contribution in [0.15, 0.2) is 59.5 Å². The minimum Gasteiger partial charge on any atom is -0.337 e. The summed E-state index contributed by atoms with van der Waals surface area (Å²) >= 11 is 0. The van der Waals surface area contributed by atoms with Crippen molar-refractivity contribution in [2.45, 2.75) is 30.5 Å². The monoisotopic (exact) mass is 535 g/mol. The molecule has 0 spiro atoms. The Morgan fingerprint density at radius 1 is 1.16 bits per heavy atom. The number of urea groups is 1. The molecule has 198 valence electrons. The van der Waals surface area contributed by atoms with Gasteiger partial charge < -0.3 is 10.6 Å². The van der Waals surface area contributed by atoms with Crippen LogP contribution in [0.2, 0.25) is 0 Å². The van der Waals surface area contributed by atoms with Gasteiger partial charge >= 0.3 is 12.2 Å². The van der Waals surface area contributed by atoms with E-state index in [0.717, 1.165) is 33.0 Å². The lowest BCUT2D eigenvalue weighted by Crippen LogP contribution is -2.41. The second-order valence-corrected chi connectivity index (χ2v) is 10.9. The van der Waals surface area contributed by atoms with Gasteiger partial charge in [-0.1, -0.05) is 30.3 Å². The number of rotatable bonds is 7. The highest BCUT2D eigenvalue weighted by Gasteiger charge is 2.40. The van der Waals surface area contributed by atoms with Crippen LogP contribution in [0.4, 0.5) is 23.7 Å². The van der Waals surface area contributed by atoms with Crippen molar-refractivity contribution in [1.82, 2.24) is 19.5 Å². The number of sulfonamides is 1. The van der Waals surface area contributed by atoms with Crippen LogP contribution in [0.3, 0.4) is 0 Å². The van der Waals surface area contributed by atoms with Crippen LogP contribution in [0, 0.1) is 6.92 Å². The zero-order valence-corrected chi connectivity index (χ0v) is 21.2. The van der Waals surface area contributed by atoms with E-state index in [4.69, 9.17) is 0 Å². The Bertz CT molecular complexity index is 1400. The number of fused-ring (bicyclic) bond motifs is 1. The van der Waals surface area contributed by atoms with E-state index in [0.29, 0.717) is 38.3 Å². The number of nitrogens with zero attached hydrogens (tertiary/aromatic N) is 3. The van der Waals surface area contributed by atoms with Gasteiger partial charge in [-0.3, -0.25) is 9.88 Å². The topological polar surface area (TPSA) is 94.6 Å². The maximum atomic E-state index is 13.4. The molecule has 2 heterocycles. The summed E-state index contributed by atoms with van der Waals surface area (Å²) in [6.45, 7) is 3.53. The highest BCUT2D eigenvalue weighted by molar-refractivity contribution is 7.89. The SMILES string of the molecule is Cc1cc(NC(=O)NCCN2CCC(N(C)S(=O)(=O)c3ccccc3C(F)(F)F)C2)c2ccccc2n1. The minimum absolute atomic E-state index is 0.313. The third-order valence-corrected chi connectivity index (χ3v) is 8.39. The summed E-state index contributed by atoms with van der Waals surface area (Å²) in [5.74, 6) is 0. The second kappa shape index (κ2) is 10.6. The molecular formula is C25H28F3N5O3S. The number of aryl methyl sites for hydroxylation is 1. The number of nitrogens with one attached hydrogen (secondary N) is 2. The first-order valence-electron chi connectivity index (χ1n) is 11.7. The molecule has 0 saturated carbocycles. The van der Waals surface area contributed by atoms with Gasteiger partial charge in [-0.25, -0.2) is 13.2 Å². The number of halogens is 3. The van der Waals surface area contributed by atoms with E-state index in [9.17, 15) is 26.4 Å². The van der Waals surface area contributed by atoms with E-state index in [1.165, 1.54) is 19.2 Å². The predicted octanol–water partition coefficient (Wildman–Crippen LogP) is 4.08. The summed E-state index contributed by atoms with van der Waals surface area (Å²) in [7, 11) is -3.04. The average molecular weight is 536 g/mol. The first kappa shape index (κ1) is 26.8. The Morgan fingerprint density at radius 2 is 1.86 bits per heavy atom. The Hall–Kier alpha value is -3.22. The molecule has 2 aromatic carbocycles. The highest BCUT2D eigenvalue weighted by Crippen LogP contribution is 2.35. The van der Waals surface area contributed by atoms with Gasteiger partial charge in [-0.15, -0.1) is 0 Å². The summed E-state index contributed by atoms with van der Waals surface area (Å²) in [6.07, 6.45) is -4.31. The summed E-state index contributed by atoms with van der Waals surface area (Å²) < 4.78 is 67.2. The number of anilines is 1. The number of likely N-dealkylation sites (tertiary alicyclic amines) is 1. The molecule has 1 aromatic heterocycles. The maximum Gasteiger partial charge on any atom is 0.417 e. The van der Waals surface area contributed by atoms with Crippen LogP contribution in [0.25, 0.3) is 10.9 Å². The molecule has 1 unspecified atom stereocenters. The number of para-hydroxylation sites is 1. The third kappa shape index (κ3) is 6.03. The van der Waals surface area contributed by atoms with Gasteiger partial charge in [-0.05, 0) is 44.2 Å². The molecule has 37 heavy (non-hydrogen) atoms. The van der Waals surface area contributed by atoms with Gasteiger partial charge in [-0.2, -0.15) is 17.5 Å². The van der Waals surface area contributed by atoms with Gasteiger partial charge in [0.2, 0.25) is 10.0 Å². The van der Waals surface area contributed by atoms with Crippen LogP contribution in [0.5, 0.6) is 0 Å². The molecule has 3 aromatic rings. The second-order valence-electron chi connectivity index (χ2n) is 8.97. The molecule has 2 N–H and O–H groups in total. The lowest BCUT2D eigenvalue weighted by Gasteiger charge is -2.26. The third-order valence-electron chi connectivity index (χ3n) is 6.42. The number of amides is 2. The fourth-order valence-electron chi connectivity index (χ4n) is 4.49. The lowest BCUT2D eigenvalue weighted by atomic mass is 10.1. The molecular weight excluding hydrogens is 507 g/mol. The number of benzene rings is 2. The van der Waals surface area contributed by atoms with Gasteiger partial charge in [0.05, 0.1) is 21.7 Å². The first-order valence-corrected chi connectivity index (χ1v) is 13.2. The normalized spacial score (nSPS) is 16.9. The molecule has 0 aliphatic carbocycles. The highest BCUT2D eigenvalue weighted by atomic mass is 32.2. The Labute approximate surface area is 213 Å². The molecule has 0 bridgehead atoms. The average Bonchev–Trinajstić information content (AvgIpc) is 3.31. The quantitative estimate of drug-likeness (QED) is 0.476. The number of carbonyl (C=O) groups excluding carboxylic acids is 1. The molecule has 0 radical (unpaired) electrons. The van der Waals surface area contributed by atoms with Crippen LogP contribution < -0.4 is 10.6 Å². The molecule has 1 atom stereocenters. The summed E-state index contributed by atoms with van der Waals surface area (Å²) in [5, 5.41) is 6.46. The van der Waals surface area contributed by atoms with Gasteiger partial charge in [0, 0.05) is 43.8 Å². The molecule has 2 amide bonds. The molecule has 1 saturated heterocycles. The first-order chi connectivity index (χ1) is 17.5. The van der Waals surface area contributed by atoms with Crippen LogP contribution in [0.1, 0.15) is 17.7 Å². The fourth-order valence-corrected chi connectivity index (χ4v) is 6.08. The van der Waals surface area contributed by atoms with Crippen molar-refractivity contribution in [3.05, 3.63) is 65.9 Å². The van der Waals surface area contributed by atoms with Crippen LogP contribution in [-0.4, -0.2) is 67.9 Å². The van der Waals surface area contributed by atoms with Crippen molar-refractivity contribution in [2.24, 2.45) is 0 Å². The van der Waals surface area contributed by atoms with E-state index < -0.39 is 32.7 Å². The van der Waals surface area contributed by atoms with E-state index in [1.807, 2.05) is 36.1 Å². The predicted molar refractivity (Wildman–Crippen MR) is 135 cm³/mol. The van der Waals surface area contributed by atoms with E-state index in [-0.39, 0.29) is 6.03 Å². The summed E-state index contributed by atoms with van der Waals surface area (Å²) in [6, 6.07) is 12.6. The van der Waals surface area contributed by atoms with Crippen molar-refractivity contribution in [2.75, 3.05) is 38.5 Å². The zero-order chi connectivity index (χ0) is 26.8. The fraction of sp³-hybridized carbons (Fsp3) is 0.360. The summed E-state index contributed by atoms with van der Waals surface area (Å²) in [4.78, 5) is 18.1. The number of aromatic nitrogens is 1. The Balaban J connectivity index is 1.32. The standard InChI is InChI=1S/C25H28F3N5O3S/c1-17-15-22(19-7-3-5-9-21(19)30-17)31-24(34)29-12-14-33-13-11-18(16-33)32(2)37(35,36)23-10-6-4-8-20(23)25(26,27)28/h3-10,15,18H,11-14,16H2,1-2H3,(H2,29,30,31,34). The van der Waals surface area contributed by atoms with Crippen molar-refractivity contribution in [3.63, 3.8) is 0 Å². The van der Waals surface area contributed by atoms with E-state index >= 15 is 0 Å². The zero-order valence-electron chi connectivity index (χ0n) is 20.4. The van der Waals surface area contributed by atoms with Crippen LogP contribution in [-0.2, 0) is 16.2 Å². The molecule has 4 rings (SSSR count). The van der Waals surface area contributed by atoms with Crippen molar-refractivity contribution < 1.29 is 26.4 Å². The largest absolute Gasteiger partial charge is 0.417 e. The number of carbonyl (C=O) groups is 1. The lowest BCUT2D eigenvalue weighted by molar-refractivity contribution is -0.139. The molecule has 1 fully saturated rings. The molecule has 1 aliphatic heterocycles. The van der Waals surface area contributed by atoms with Gasteiger partial charge in [0.15, 0.2) is 0 Å². The summed E-state index contributed by atoms with van der Waals surface area (Å²) in [5.41, 5.74) is 1.02. The van der Waals surface area contributed by atoms with Crippen molar-refractivity contribution in [1.29, 1.82) is 0 Å².